The molecule has 4 heteroatoms. The number of rotatable bonds is 6. The quantitative estimate of drug-likeness (QED) is 0.514. The van der Waals surface area contributed by atoms with Crippen LogP contribution in [-0.2, 0) is 4.74 Å². The number of halogens is 1. The molecule has 0 aromatic rings. The van der Waals surface area contributed by atoms with Crippen molar-refractivity contribution in [2.75, 3.05) is 38.8 Å². The predicted molar refractivity (Wildman–Crippen MR) is 53.2 cm³/mol. The first-order valence-electron chi connectivity index (χ1n) is 4.87. The smallest absolute Gasteiger partial charge is 0.0602 e. The average molecular weight is 208 g/mol. The van der Waals surface area contributed by atoms with Gasteiger partial charge in [0, 0.05) is 18.5 Å². The number of aliphatic hydroxyl groups is 1. The number of ether oxygens (including phenoxy) is 1. The highest BCUT2D eigenvalue weighted by atomic mass is 35.5. The molecular weight excluding hydrogens is 190 g/mol. The molecule has 1 heterocycles. The third-order valence-corrected chi connectivity index (χ3v) is 2.61. The van der Waals surface area contributed by atoms with Crippen LogP contribution in [0.3, 0.4) is 0 Å². The zero-order chi connectivity index (χ0) is 9.52. The Labute approximate surface area is 84.6 Å². The molecule has 1 aliphatic rings. The van der Waals surface area contributed by atoms with Crippen molar-refractivity contribution in [3.8, 4) is 0 Å². The lowest BCUT2D eigenvalue weighted by molar-refractivity contribution is 0.0928. The molecule has 0 bridgehead atoms. The van der Waals surface area contributed by atoms with Crippen molar-refractivity contribution in [2.45, 2.75) is 18.9 Å². The number of likely N-dealkylation sites (tertiary alicyclic amines) is 1. The van der Waals surface area contributed by atoms with Gasteiger partial charge in [-0.1, -0.05) is 0 Å². The molecule has 0 amide bonds. The molecule has 78 valence electrons. The summed E-state index contributed by atoms with van der Waals surface area (Å²) in [5.74, 6) is 0.559. The molecule has 0 saturated carbocycles. The molecule has 13 heavy (non-hydrogen) atoms. The average Bonchev–Trinajstić information content (AvgIpc) is 2.60. The highest BCUT2D eigenvalue weighted by Gasteiger charge is 2.22. The number of aliphatic hydroxyl groups excluding tert-OH is 1. The molecule has 1 rings (SSSR count). The molecule has 1 N–H and O–H groups in total. The van der Waals surface area contributed by atoms with Crippen LogP contribution in [0.15, 0.2) is 0 Å². The van der Waals surface area contributed by atoms with Crippen LogP contribution in [0.2, 0.25) is 0 Å². The zero-order valence-corrected chi connectivity index (χ0v) is 8.67. The molecule has 0 aromatic carbocycles. The van der Waals surface area contributed by atoms with E-state index in [1.165, 1.54) is 6.42 Å². The number of hydrogen-bond donors (Lipinski definition) is 1. The number of nitrogens with zero attached hydrogens (tertiary/aromatic N) is 1. The second-order valence-electron chi connectivity index (χ2n) is 3.32. The van der Waals surface area contributed by atoms with Gasteiger partial charge in [-0.05, 0) is 19.4 Å². The van der Waals surface area contributed by atoms with Gasteiger partial charge in [0.15, 0.2) is 0 Å². The molecule has 1 fully saturated rings. The van der Waals surface area contributed by atoms with Gasteiger partial charge < -0.3 is 9.84 Å². The van der Waals surface area contributed by atoms with Gasteiger partial charge in [0.1, 0.15) is 0 Å². The largest absolute Gasteiger partial charge is 0.395 e. The van der Waals surface area contributed by atoms with E-state index in [1.54, 1.807) is 0 Å². The molecule has 0 spiro atoms. The van der Waals surface area contributed by atoms with Crippen LogP contribution in [0.1, 0.15) is 12.8 Å². The number of alkyl halides is 1. The lowest BCUT2D eigenvalue weighted by atomic mass is 10.2. The van der Waals surface area contributed by atoms with Crippen molar-refractivity contribution in [1.29, 1.82) is 0 Å². The molecule has 1 saturated heterocycles. The Hall–Kier alpha value is 0.170. The van der Waals surface area contributed by atoms with E-state index in [0.29, 0.717) is 18.5 Å². The van der Waals surface area contributed by atoms with Gasteiger partial charge in [-0.15, -0.1) is 11.6 Å². The van der Waals surface area contributed by atoms with Crippen LogP contribution in [0.5, 0.6) is 0 Å². The normalized spacial score (nSPS) is 24.0. The van der Waals surface area contributed by atoms with Gasteiger partial charge in [0.25, 0.3) is 0 Å². The topological polar surface area (TPSA) is 32.7 Å². The van der Waals surface area contributed by atoms with Gasteiger partial charge in [-0.3, -0.25) is 4.90 Å². The molecule has 1 atom stereocenters. The van der Waals surface area contributed by atoms with Crippen molar-refractivity contribution in [2.24, 2.45) is 0 Å². The lowest BCUT2D eigenvalue weighted by Crippen LogP contribution is -2.34. The Morgan fingerprint density at radius 2 is 2.31 bits per heavy atom. The van der Waals surface area contributed by atoms with E-state index in [2.05, 4.69) is 4.90 Å². The molecule has 0 radical (unpaired) electrons. The molecular formula is C9H18ClNO2. The molecule has 1 unspecified atom stereocenters. The summed E-state index contributed by atoms with van der Waals surface area (Å²) in [5, 5.41) is 9.04. The second-order valence-corrected chi connectivity index (χ2v) is 3.69. The van der Waals surface area contributed by atoms with E-state index in [9.17, 15) is 0 Å². The van der Waals surface area contributed by atoms with Gasteiger partial charge in [0.2, 0.25) is 0 Å². The van der Waals surface area contributed by atoms with Crippen LogP contribution in [-0.4, -0.2) is 54.8 Å². The Morgan fingerprint density at radius 3 is 3.00 bits per heavy atom. The summed E-state index contributed by atoms with van der Waals surface area (Å²) in [6.07, 6.45) is 2.31. The van der Waals surface area contributed by atoms with E-state index in [0.717, 1.165) is 26.1 Å². The summed E-state index contributed by atoms with van der Waals surface area (Å²) in [5.41, 5.74) is 0. The van der Waals surface area contributed by atoms with Crippen LogP contribution in [0.25, 0.3) is 0 Å². The van der Waals surface area contributed by atoms with Gasteiger partial charge in [0.05, 0.1) is 19.8 Å². The predicted octanol–water partition coefficient (Wildman–Crippen LogP) is 0.698. The van der Waals surface area contributed by atoms with E-state index in [1.807, 2.05) is 0 Å². The van der Waals surface area contributed by atoms with Crippen molar-refractivity contribution >= 4 is 11.6 Å². The summed E-state index contributed by atoms with van der Waals surface area (Å²) in [6.45, 7) is 3.63. The highest BCUT2D eigenvalue weighted by molar-refractivity contribution is 6.17. The highest BCUT2D eigenvalue weighted by Crippen LogP contribution is 2.15. The maximum absolute atomic E-state index is 9.04. The Balaban J connectivity index is 2.06. The molecule has 0 aromatic heterocycles. The lowest BCUT2D eigenvalue weighted by Gasteiger charge is -2.22. The Bertz CT molecular complexity index is 135. The fraction of sp³-hybridized carbons (Fsp3) is 1.00. The zero-order valence-electron chi connectivity index (χ0n) is 7.91. The van der Waals surface area contributed by atoms with Gasteiger partial charge in [-0.25, -0.2) is 0 Å². The van der Waals surface area contributed by atoms with Crippen molar-refractivity contribution < 1.29 is 9.84 Å². The minimum absolute atomic E-state index is 0.273. The first-order valence-corrected chi connectivity index (χ1v) is 5.40. The molecule has 1 aliphatic heterocycles. The molecule has 3 nitrogen and oxygen atoms in total. The summed E-state index contributed by atoms with van der Waals surface area (Å²) in [7, 11) is 0. The fourth-order valence-electron chi connectivity index (χ4n) is 1.73. The standard InChI is InChI=1S/C9H18ClNO2/c10-3-6-13-7-5-11-4-1-2-9(11)8-12/h9,12H,1-8H2. The Kier molecular flexibility index (Phi) is 5.71. The second kappa shape index (κ2) is 6.60. The first kappa shape index (κ1) is 11.2. The van der Waals surface area contributed by atoms with E-state index >= 15 is 0 Å². The maximum Gasteiger partial charge on any atom is 0.0602 e. The van der Waals surface area contributed by atoms with E-state index < -0.39 is 0 Å². The van der Waals surface area contributed by atoms with E-state index in [-0.39, 0.29) is 6.61 Å². The summed E-state index contributed by atoms with van der Waals surface area (Å²) < 4.78 is 5.28. The van der Waals surface area contributed by atoms with Crippen molar-refractivity contribution in [3.63, 3.8) is 0 Å². The van der Waals surface area contributed by atoms with Gasteiger partial charge in [-0.2, -0.15) is 0 Å². The third-order valence-electron chi connectivity index (χ3n) is 2.45. The van der Waals surface area contributed by atoms with Gasteiger partial charge >= 0.3 is 0 Å². The Morgan fingerprint density at radius 1 is 1.46 bits per heavy atom. The first-order chi connectivity index (χ1) is 6.38. The number of hydrogen-bond acceptors (Lipinski definition) is 3. The molecule has 0 aliphatic carbocycles. The SMILES string of the molecule is OCC1CCCN1CCOCCCl. The minimum Gasteiger partial charge on any atom is -0.395 e. The van der Waals surface area contributed by atoms with Crippen LogP contribution in [0.4, 0.5) is 0 Å². The fourth-order valence-corrected chi connectivity index (χ4v) is 1.84. The van der Waals surface area contributed by atoms with Crippen LogP contribution < -0.4 is 0 Å². The maximum atomic E-state index is 9.04. The monoisotopic (exact) mass is 207 g/mol. The third kappa shape index (κ3) is 3.81. The van der Waals surface area contributed by atoms with Crippen molar-refractivity contribution in [1.82, 2.24) is 4.90 Å². The summed E-state index contributed by atoms with van der Waals surface area (Å²) in [4.78, 5) is 2.29. The summed E-state index contributed by atoms with van der Waals surface area (Å²) in [6, 6.07) is 0.361. The van der Waals surface area contributed by atoms with Crippen LogP contribution in [0, 0.1) is 0 Å². The van der Waals surface area contributed by atoms with Crippen LogP contribution >= 0.6 is 11.6 Å². The van der Waals surface area contributed by atoms with E-state index in [4.69, 9.17) is 21.4 Å². The van der Waals surface area contributed by atoms with Crippen molar-refractivity contribution in [3.05, 3.63) is 0 Å². The summed E-state index contributed by atoms with van der Waals surface area (Å²) >= 11 is 5.47. The minimum atomic E-state index is 0.273.